The summed E-state index contributed by atoms with van der Waals surface area (Å²) in [5.74, 6) is 0.875. The van der Waals surface area contributed by atoms with E-state index in [-0.39, 0.29) is 11.9 Å². The van der Waals surface area contributed by atoms with Crippen molar-refractivity contribution in [3.8, 4) is 22.5 Å². The van der Waals surface area contributed by atoms with Gasteiger partial charge in [-0.25, -0.2) is 4.98 Å². The lowest BCUT2D eigenvalue weighted by Gasteiger charge is -2.29. The second kappa shape index (κ2) is 9.85. The Kier molecular flexibility index (Phi) is 6.74. The zero-order valence-electron chi connectivity index (χ0n) is 17.1. The molecule has 3 aromatic rings. The predicted molar refractivity (Wildman–Crippen MR) is 121 cm³/mol. The van der Waals surface area contributed by atoms with Crippen molar-refractivity contribution in [2.45, 2.75) is 43.8 Å². The first kappa shape index (κ1) is 20.5. The molecule has 1 aliphatic carbocycles. The second-order valence-electron chi connectivity index (χ2n) is 7.75. The van der Waals surface area contributed by atoms with Crippen LogP contribution in [0.1, 0.15) is 32.6 Å². The first-order valence-electron chi connectivity index (χ1n) is 10.5. The van der Waals surface area contributed by atoms with Gasteiger partial charge in [-0.2, -0.15) is 0 Å². The molecule has 30 heavy (non-hydrogen) atoms. The van der Waals surface area contributed by atoms with Crippen molar-refractivity contribution in [2.24, 2.45) is 5.92 Å². The normalized spacial score (nSPS) is 18.7. The van der Waals surface area contributed by atoms with Gasteiger partial charge < -0.3 is 5.32 Å². The number of rotatable bonds is 6. The Bertz CT molecular complexity index is 981. The Hall–Kier alpha value is -2.73. The van der Waals surface area contributed by atoms with Crippen LogP contribution >= 0.6 is 11.8 Å². The van der Waals surface area contributed by atoms with Gasteiger partial charge >= 0.3 is 0 Å². The molecule has 0 unspecified atom stereocenters. The third-order valence-electron chi connectivity index (χ3n) is 5.55. The fourth-order valence-corrected chi connectivity index (χ4v) is 4.47. The van der Waals surface area contributed by atoms with E-state index in [9.17, 15) is 4.79 Å². The number of thioether (sulfide) groups is 1. The van der Waals surface area contributed by atoms with Crippen LogP contribution < -0.4 is 5.32 Å². The number of aromatic nitrogens is 3. The Morgan fingerprint density at radius 1 is 0.933 bits per heavy atom. The minimum absolute atomic E-state index is 0.0377. The molecule has 2 aromatic carbocycles. The Labute approximate surface area is 181 Å². The highest BCUT2D eigenvalue weighted by molar-refractivity contribution is 7.99. The number of hydrogen-bond acceptors (Lipinski definition) is 5. The van der Waals surface area contributed by atoms with Gasteiger partial charge in [0, 0.05) is 17.2 Å². The molecule has 2 atom stereocenters. The summed E-state index contributed by atoms with van der Waals surface area (Å²) in [6, 6.07) is 20.2. The van der Waals surface area contributed by atoms with Gasteiger partial charge in [0.1, 0.15) is 11.4 Å². The molecule has 0 radical (unpaired) electrons. The minimum Gasteiger partial charge on any atom is -0.352 e. The molecule has 0 bridgehead atoms. The van der Waals surface area contributed by atoms with Gasteiger partial charge in [0.15, 0.2) is 0 Å². The lowest BCUT2D eigenvalue weighted by molar-refractivity contribution is -0.119. The number of benzene rings is 2. The molecule has 1 aromatic heterocycles. The van der Waals surface area contributed by atoms with Gasteiger partial charge in [0.2, 0.25) is 11.1 Å². The molecule has 6 heteroatoms. The predicted octanol–water partition coefficient (Wildman–Crippen LogP) is 4.99. The van der Waals surface area contributed by atoms with Crippen molar-refractivity contribution in [2.75, 3.05) is 5.75 Å². The summed E-state index contributed by atoms with van der Waals surface area (Å²) in [7, 11) is 0. The quantitative estimate of drug-likeness (QED) is 0.571. The zero-order valence-corrected chi connectivity index (χ0v) is 17.9. The van der Waals surface area contributed by atoms with Crippen molar-refractivity contribution in [1.82, 2.24) is 20.5 Å². The first-order valence-corrected chi connectivity index (χ1v) is 11.5. The van der Waals surface area contributed by atoms with Gasteiger partial charge in [-0.3, -0.25) is 4.79 Å². The van der Waals surface area contributed by atoms with Crippen molar-refractivity contribution in [3.63, 3.8) is 0 Å². The minimum atomic E-state index is 0.0377. The van der Waals surface area contributed by atoms with E-state index >= 15 is 0 Å². The molecule has 0 saturated heterocycles. The van der Waals surface area contributed by atoms with Crippen LogP contribution in [0.2, 0.25) is 0 Å². The van der Waals surface area contributed by atoms with Crippen LogP contribution in [-0.2, 0) is 4.79 Å². The van der Waals surface area contributed by atoms with Gasteiger partial charge in [-0.1, -0.05) is 92.2 Å². The maximum Gasteiger partial charge on any atom is 0.230 e. The number of nitrogens with one attached hydrogen (secondary N) is 1. The molecule has 0 aliphatic heterocycles. The number of carbonyl (C=O) groups is 1. The summed E-state index contributed by atoms with van der Waals surface area (Å²) in [5, 5.41) is 12.5. The van der Waals surface area contributed by atoms with E-state index in [0.29, 0.717) is 16.8 Å². The molecule has 1 aliphatic rings. The van der Waals surface area contributed by atoms with E-state index in [0.717, 1.165) is 28.9 Å². The van der Waals surface area contributed by atoms with Gasteiger partial charge in [0.05, 0.1) is 5.75 Å². The number of carbonyl (C=O) groups excluding carboxylic acids is 1. The molecule has 1 amide bonds. The van der Waals surface area contributed by atoms with Crippen LogP contribution in [-0.4, -0.2) is 32.9 Å². The highest BCUT2D eigenvalue weighted by Crippen LogP contribution is 2.29. The third kappa shape index (κ3) is 5.05. The monoisotopic (exact) mass is 418 g/mol. The fourth-order valence-electron chi connectivity index (χ4n) is 3.87. The molecule has 1 N–H and O–H groups in total. The number of nitrogens with zero attached hydrogens (tertiary/aromatic N) is 3. The Balaban J connectivity index is 1.51. The van der Waals surface area contributed by atoms with E-state index < -0.39 is 0 Å². The van der Waals surface area contributed by atoms with Gasteiger partial charge in [0.25, 0.3) is 0 Å². The summed E-state index contributed by atoms with van der Waals surface area (Å²) in [4.78, 5) is 17.2. The molecule has 4 rings (SSSR count). The summed E-state index contributed by atoms with van der Waals surface area (Å²) in [5.41, 5.74) is 3.47. The van der Waals surface area contributed by atoms with E-state index in [1.54, 1.807) is 0 Å². The first-order chi connectivity index (χ1) is 14.7. The van der Waals surface area contributed by atoms with Crippen LogP contribution in [0.3, 0.4) is 0 Å². The zero-order chi connectivity index (χ0) is 20.8. The highest BCUT2D eigenvalue weighted by atomic mass is 32.2. The van der Waals surface area contributed by atoms with Crippen LogP contribution in [0.25, 0.3) is 22.5 Å². The second-order valence-corrected chi connectivity index (χ2v) is 8.69. The SMILES string of the molecule is C[C@@H]1CCCC[C@H]1NC(=O)CSc1nnc(-c2ccccc2)c(-c2ccccc2)n1. The molecule has 5 nitrogen and oxygen atoms in total. The molecule has 1 heterocycles. The molecule has 1 saturated carbocycles. The van der Waals surface area contributed by atoms with E-state index in [1.807, 2.05) is 60.7 Å². The molecule has 0 spiro atoms. The molecular weight excluding hydrogens is 392 g/mol. The third-order valence-corrected chi connectivity index (χ3v) is 6.39. The van der Waals surface area contributed by atoms with Crippen LogP contribution in [0.5, 0.6) is 0 Å². The van der Waals surface area contributed by atoms with Crippen LogP contribution in [0.4, 0.5) is 0 Å². The average molecular weight is 419 g/mol. The summed E-state index contributed by atoms with van der Waals surface area (Å²) in [6.45, 7) is 2.22. The summed E-state index contributed by atoms with van der Waals surface area (Å²) >= 11 is 1.33. The maximum atomic E-state index is 12.5. The highest BCUT2D eigenvalue weighted by Gasteiger charge is 2.23. The van der Waals surface area contributed by atoms with Gasteiger partial charge in [-0.05, 0) is 18.8 Å². The average Bonchev–Trinajstić information content (AvgIpc) is 2.80. The molecule has 154 valence electrons. The fraction of sp³-hybridized carbons (Fsp3) is 0.333. The van der Waals surface area contributed by atoms with E-state index in [1.165, 1.54) is 31.0 Å². The molecule has 1 fully saturated rings. The van der Waals surface area contributed by atoms with Gasteiger partial charge in [-0.15, -0.1) is 10.2 Å². The summed E-state index contributed by atoms with van der Waals surface area (Å²) in [6.07, 6.45) is 4.71. The Morgan fingerprint density at radius 2 is 1.57 bits per heavy atom. The number of amides is 1. The number of hydrogen-bond donors (Lipinski definition) is 1. The summed E-state index contributed by atoms with van der Waals surface area (Å²) < 4.78 is 0. The van der Waals surface area contributed by atoms with Crippen molar-refractivity contribution in [3.05, 3.63) is 60.7 Å². The molecular formula is C24H26N4OS. The Morgan fingerprint density at radius 3 is 2.23 bits per heavy atom. The van der Waals surface area contributed by atoms with E-state index in [2.05, 4.69) is 22.4 Å². The standard InChI is InChI=1S/C24H26N4OS/c1-17-10-8-9-15-20(17)25-21(29)16-30-24-26-22(18-11-4-2-5-12-18)23(27-28-24)19-13-6-3-7-14-19/h2-7,11-14,17,20H,8-10,15-16H2,1H3,(H,25,29)/t17-,20-/m1/s1. The van der Waals surface area contributed by atoms with Crippen molar-refractivity contribution in [1.29, 1.82) is 0 Å². The topological polar surface area (TPSA) is 67.8 Å². The largest absolute Gasteiger partial charge is 0.352 e. The lowest BCUT2D eigenvalue weighted by atomic mass is 9.86. The van der Waals surface area contributed by atoms with Crippen molar-refractivity contribution >= 4 is 17.7 Å². The smallest absolute Gasteiger partial charge is 0.230 e. The van der Waals surface area contributed by atoms with E-state index in [4.69, 9.17) is 4.98 Å². The maximum absolute atomic E-state index is 12.5. The van der Waals surface area contributed by atoms with Crippen molar-refractivity contribution < 1.29 is 4.79 Å². The lowest BCUT2D eigenvalue weighted by Crippen LogP contribution is -2.41. The van der Waals surface area contributed by atoms with Crippen LogP contribution in [0.15, 0.2) is 65.8 Å². The van der Waals surface area contributed by atoms with Crippen LogP contribution in [0, 0.1) is 5.92 Å².